The van der Waals surface area contributed by atoms with E-state index in [9.17, 15) is 9.59 Å². The summed E-state index contributed by atoms with van der Waals surface area (Å²) >= 11 is 1.27. The highest BCUT2D eigenvalue weighted by atomic mass is 32.2. The zero-order chi connectivity index (χ0) is 22.3. The van der Waals surface area contributed by atoms with E-state index in [1.807, 2.05) is 12.1 Å². The molecule has 0 saturated heterocycles. The highest BCUT2D eigenvalue weighted by molar-refractivity contribution is 8.02. The molecule has 3 rings (SSSR count). The average molecular weight is 447 g/mol. The first-order valence-electron chi connectivity index (χ1n) is 11.6. The minimum absolute atomic E-state index is 0.226. The fraction of sp³-hybridized carbons (Fsp3) is 0.600. The summed E-state index contributed by atoms with van der Waals surface area (Å²) < 4.78 is 15.4. The van der Waals surface area contributed by atoms with Crippen LogP contribution in [0.15, 0.2) is 27.5 Å². The summed E-state index contributed by atoms with van der Waals surface area (Å²) in [7, 11) is 0. The second kappa shape index (κ2) is 11.1. The van der Waals surface area contributed by atoms with Crippen molar-refractivity contribution in [2.24, 2.45) is 0 Å². The van der Waals surface area contributed by atoms with Crippen LogP contribution in [0.25, 0.3) is 11.0 Å². The Morgan fingerprint density at radius 1 is 1.00 bits per heavy atom. The molecular weight excluding hydrogens is 412 g/mol. The topological polar surface area (TPSA) is 65.7 Å². The largest absolute Gasteiger partial charge is 0.465 e. The maximum atomic E-state index is 13.1. The highest BCUT2D eigenvalue weighted by Gasteiger charge is 2.49. The lowest BCUT2D eigenvalue weighted by Gasteiger charge is -2.28. The molecule has 0 N–H and O–H groups in total. The van der Waals surface area contributed by atoms with Crippen molar-refractivity contribution in [3.8, 4) is 0 Å². The van der Waals surface area contributed by atoms with E-state index >= 15 is 0 Å². The Kier molecular flexibility index (Phi) is 8.47. The van der Waals surface area contributed by atoms with Gasteiger partial charge in [-0.3, -0.25) is 0 Å². The highest BCUT2D eigenvalue weighted by Crippen LogP contribution is 2.42. The fourth-order valence-electron chi connectivity index (χ4n) is 4.22. The third-order valence-electron chi connectivity index (χ3n) is 5.81. The van der Waals surface area contributed by atoms with Crippen LogP contribution in [0.3, 0.4) is 0 Å². The molecule has 31 heavy (non-hydrogen) atoms. The number of carbonyl (C=O) groups excluding carboxylic acids is 2. The lowest BCUT2D eigenvalue weighted by atomic mass is 9.96. The lowest BCUT2D eigenvalue weighted by Crippen LogP contribution is -2.46. The number of furan rings is 1. The standard InChI is InChI=1S/C25H34O5S/c1-4-7-8-11-16-25(23(26)28-5-2,24(27)29-6-3)31-18-14-15-22-20(17-18)19-12-9-10-13-21(19)30-22/h14-15,17H,4-13,16H2,1-3H3. The van der Waals surface area contributed by atoms with Gasteiger partial charge in [-0.15, -0.1) is 0 Å². The summed E-state index contributed by atoms with van der Waals surface area (Å²) in [6.07, 6.45) is 8.58. The van der Waals surface area contributed by atoms with E-state index < -0.39 is 16.7 Å². The van der Waals surface area contributed by atoms with Crippen LogP contribution in [0.1, 0.15) is 77.0 Å². The zero-order valence-corrected chi connectivity index (χ0v) is 19.8. The van der Waals surface area contributed by atoms with Gasteiger partial charge in [0.25, 0.3) is 0 Å². The maximum Gasteiger partial charge on any atom is 0.334 e. The number of benzene rings is 1. The summed E-state index contributed by atoms with van der Waals surface area (Å²) in [6.45, 7) is 6.12. The van der Waals surface area contributed by atoms with Crippen LogP contribution < -0.4 is 0 Å². The first-order chi connectivity index (χ1) is 15.1. The predicted octanol–water partition coefficient (Wildman–Crippen LogP) is 6.24. The fourth-order valence-corrected chi connectivity index (χ4v) is 5.47. The van der Waals surface area contributed by atoms with Crippen LogP contribution >= 0.6 is 11.8 Å². The Balaban J connectivity index is 1.96. The quantitative estimate of drug-likeness (QED) is 0.176. The molecule has 1 heterocycles. The zero-order valence-electron chi connectivity index (χ0n) is 19.0. The van der Waals surface area contributed by atoms with Crippen molar-refractivity contribution in [3.63, 3.8) is 0 Å². The van der Waals surface area contributed by atoms with Gasteiger partial charge in [0.15, 0.2) is 0 Å². The molecular formula is C25H34O5S. The van der Waals surface area contributed by atoms with Crippen LogP contribution in [-0.2, 0) is 31.9 Å². The third-order valence-corrected chi connectivity index (χ3v) is 7.19. The van der Waals surface area contributed by atoms with E-state index in [0.717, 1.165) is 73.0 Å². The Bertz CT molecular complexity index is 883. The number of carbonyl (C=O) groups is 2. The molecule has 0 aliphatic heterocycles. The number of unbranched alkanes of at least 4 members (excludes halogenated alkanes) is 3. The molecule has 0 fully saturated rings. The van der Waals surface area contributed by atoms with E-state index in [1.54, 1.807) is 13.8 Å². The van der Waals surface area contributed by atoms with Crippen molar-refractivity contribution in [1.82, 2.24) is 0 Å². The molecule has 1 aromatic carbocycles. The molecule has 5 nitrogen and oxygen atoms in total. The molecule has 0 unspecified atom stereocenters. The number of aryl methyl sites for hydroxylation is 2. The van der Waals surface area contributed by atoms with Gasteiger partial charge in [0.2, 0.25) is 4.75 Å². The van der Waals surface area contributed by atoms with E-state index in [0.29, 0.717) is 6.42 Å². The molecule has 0 saturated carbocycles. The van der Waals surface area contributed by atoms with Crippen molar-refractivity contribution in [3.05, 3.63) is 29.5 Å². The number of hydrogen-bond acceptors (Lipinski definition) is 6. The summed E-state index contributed by atoms with van der Waals surface area (Å²) in [5, 5.41) is 1.09. The number of esters is 2. The normalized spacial score (nSPS) is 13.8. The van der Waals surface area contributed by atoms with E-state index in [4.69, 9.17) is 13.9 Å². The van der Waals surface area contributed by atoms with Crippen molar-refractivity contribution in [1.29, 1.82) is 0 Å². The molecule has 0 radical (unpaired) electrons. The number of fused-ring (bicyclic) bond motifs is 3. The Morgan fingerprint density at radius 3 is 2.39 bits per heavy atom. The number of hydrogen-bond donors (Lipinski definition) is 0. The van der Waals surface area contributed by atoms with Gasteiger partial charge in [-0.2, -0.15) is 0 Å². The number of thioether (sulfide) groups is 1. The van der Waals surface area contributed by atoms with Crippen LogP contribution in [-0.4, -0.2) is 29.9 Å². The van der Waals surface area contributed by atoms with Gasteiger partial charge >= 0.3 is 11.9 Å². The summed E-state index contributed by atoms with van der Waals surface area (Å²) in [6, 6.07) is 5.95. The molecule has 0 amide bonds. The van der Waals surface area contributed by atoms with Crippen molar-refractivity contribution in [2.45, 2.75) is 88.2 Å². The molecule has 1 aliphatic rings. The van der Waals surface area contributed by atoms with Gasteiger partial charge in [0.1, 0.15) is 11.3 Å². The minimum Gasteiger partial charge on any atom is -0.465 e. The minimum atomic E-state index is -1.39. The molecule has 2 aromatic rings. The Morgan fingerprint density at radius 2 is 1.71 bits per heavy atom. The van der Waals surface area contributed by atoms with Gasteiger partial charge in [-0.25, -0.2) is 9.59 Å². The molecule has 1 aliphatic carbocycles. The van der Waals surface area contributed by atoms with Crippen molar-refractivity contribution < 1.29 is 23.5 Å². The molecule has 1 aromatic heterocycles. The van der Waals surface area contributed by atoms with Gasteiger partial charge in [-0.1, -0.05) is 44.4 Å². The number of rotatable bonds is 11. The smallest absolute Gasteiger partial charge is 0.334 e. The van der Waals surface area contributed by atoms with Crippen molar-refractivity contribution >= 4 is 34.7 Å². The second-order valence-corrected chi connectivity index (χ2v) is 9.42. The van der Waals surface area contributed by atoms with Crippen LogP contribution in [0, 0.1) is 0 Å². The number of ether oxygens (including phenoxy) is 2. The molecule has 0 bridgehead atoms. The molecule has 0 spiro atoms. The SMILES string of the molecule is CCCCCCC(Sc1ccc2oc3c(c2c1)CCCC3)(C(=O)OCC)C(=O)OCC. The Labute approximate surface area is 189 Å². The third kappa shape index (κ3) is 5.28. The first-order valence-corrected chi connectivity index (χ1v) is 12.4. The summed E-state index contributed by atoms with van der Waals surface area (Å²) in [4.78, 5) is 27.1. The van der Waals surface area contributed by atoms with Gasteiger partial charge in [-0.05, 0) is 57.7 Å². The summed E-state index contributed by atoms with van der Waals surface area (Å²) in [5.74, 6) is 0.0542. The monoisotopic (exact) mass is 446 g/mol. The van der Waals surface area contributed by atoms with E-state index in [1.165, 1.54) is 17.3 Å². The molecule has 170 valence electrons. The van der Waals surface area contributed by atoms with Gasteiger partial charge in [0.05, 0.1) is 13.2 Å². The van der Waals surface area contributed by atoms with Crippen LogP contribution in [0.4, 0.5) is 0 Å². The van der Waals surface area contributed by atoms with E-state index in [2.05, 4.69) is 13.0 Å². The van der Waals surface area contributed by atoms with Gasteiger partial charge < -0.3 is 13.9 Å². The summed E-state index contributed by atoms with van der Waals surface area (Å²) in [5.41, 5.74) is 2.14. The predicted molar refractivity (Wildman–Crippen MR) is 123 cm³/mol. The van der Waals surface area contributed by atoms with Gasteiger partial charge in [0, 0.05) is 22.3 Å². The van der Waals surface area contributed by atoms with Crippen molar-refractivity contribution in [2.75, 3.05) is 13.2 Å². The first kappa shape index (κ1) is 23.7. The van der Waals surface area contributed by atoms with E-state index in [-0.39, 0.29) is 13.2 Å². The Hall–Kier alpha value is -1.95. The van der Waals surface area contributed by atoms with Crippen LogP contribution in [0.2, 0.25) is 0 Å². The average Bonchev–Trinajstić information content (AvgIpc) is 3.14. The molecule has 0 atom stereocenters. The maximum absolute atomic E-state index is 13.1. The molecule has 6 heteroatoms. The van der Waals surface area contributed by atoms with Crippen LogP contribution in [0.5, 0.6) is 0 Å². The lowest BCUT2D eigenvalue weighted by molar-refractivity contribution is -0.159. The second-order valence-electron chi connectivity index (χ2n) is 8.05.